The molecule has 21 heavy (non-hydrogen) atoms. The van der Waals surface area contributed by atoms with Crippen LogP contribution in [0.25, 0.3) is 0 Å². The van der Waals surface area contributed by atoms with Crippen LogP contribution in [0.4, 0.5) is 0 Å². The van der Waals surface area contributed by atoms with Crippen molar-refractivity contribution >= 4 is 23.8 Å². The highest BCUT2D eigenvalue weighted by Gasteiger charge is 2.34. The van der Waals surface area contributed by atoms with E-state index in [0.717, 1.165) is 5.56 Å². The zero-order valence-corrected chi connectivity index (χ0v) is 11.5. The van der Waals surface area contributed by atoms with Crippen molar-refractivity contribution in [3.63, 3.8) is 0 Å². The molecule has 1 aliphatic rings. The number of carboxylic acid groups (broad SMARTS) is 1. The topological polar surface area (TPSA) is 86.6 Å². The van der Waals surface area contributed by atoms with E-state index in [-0.39, 0.29) is 30.4 Å². The van der Waals surface area contributed by atoms with E-state index in [2.05, 4.69) is 4.99 Å². The average molecular weight is 286 g/mol. The van der Waals surface area contributed by atoms with Gasteiger partial charge in [0.15, 0.2) is 0 Å². The largest absolute Gasteiger partial charge is 0.550 e. The van der Waals surface area contributed by atoms with Gasteiger partial charge in [0, 0.05) is 38.0 Å². The van der Waals surface area contributed by atoms with Gasteiger partial charge in [0.05, 0.1) is 0 Å². The van der Waals surface area contributed by atoms with E-state index in [9.17, 15) is 19.5 Å². The molecule has 0 heterocycles. The fourth-order valence-electron chi connectivity index (χ4n) is 2.45. The van der Waals surface area contributed by atoms with Crippen molar-refractivity contribution in [3.8, 4) is 0 Å². The predicted octanol–water partition coefficient (Wildman–Crippen LogP) is 0.529. The maximum Gasteiger partial charge on any atom is 0.149 e. The summed E-state index contributed by atoms with van der Waals surface area (Å²) in [6, 6.07) is 9.50. The van der Waals surface area contributed by atoms with Gasteiger partial charge in [-0.3, -0.25) is 14.6 Å². The fourth-order valence-corrected chi connectivity index (χ4v) is 2.45. The first-order valence-corrected chi connectivity index (χ1v) is 6.88. The van der Waals surface area contributed by atoms with Gasteiger partial charge in [0.25, 0.3) is 0 Å². The highest BCUT2D eigenvalue weighted by Crippen LogP contribution is 2.31. The first kappa shape index (κ1) is 15.1. The van der Waals surface area contributed by atoms with E-state index in [1.165, 1.54) is 6.21 Å². The molecule has 0 bridgehead atoms. The van der Waals surface area contributed by atoms with Gasteiger partial charge in [-0.05, 0) is 11.5 Å². The minimum atomic E-state index is -1.20. The average Bonchev–Trinajstić information content (AvgIpc) is 2.46. The Balaban J connectivity index is 1.98. The van der Waals surface area contributed by atoms with Crippen LogP contribution in [0.3, 0.4) is 0 Å². The summed E-state index contributed by atoms with van der Waals surface area (Å²) < 4.78 is 0. The molecule has 5 nitrogen and oxygen atoms in total. The third-order valence-electron chi connectivity index (χ3n) is 3.56. The highest BCUT2D eigenvalue weighted by atomic mass is 16.4. The SMILES string of the molecule is O=C([O-])CCN=CC1C(=O)CC(c2ccccc2)CC1=O. The van der Waals surface area contributed by atoms with Crippen molar-refractivity contribution in [2.45, 2.75) is 25.2 Å². The fraction of sp³-hybridized carbons (Fsp3) is 0.375. The molecule has 0 saturated heterocycles. The molecule has 1 aliphatic carbocycles. The van der Waals surface area contributed by atoms with Crippen LogP contribution < -0.4 is 5.11 Å². The van der Waals surface area contributed by atoms with Crippen LogP contribution in [0.15, 0.2) is 35.3 Å². The quantitative estimate of drug-likeness (QED) is 0.583. The normalized spacial score (nSPS) is 22.7. The number of aliphatic imine (C=N–C) groups is 1. The zero-order valence-electron chi connectivity index (χ0n) is 11.5. The van der Waals surface area contributed by atoms with Crippen LogP contribution in [0, 0.1) is 5.92 Å². The molecule has 0 atom stereocenters. The summed E-state index contributed by atoms with van der Waals surface area (Å²) in [5.41, 5.74) is 0.992. The summed E-state index contributed by atoms with van der Waals surface area (Å²) in [5, 5.41) is 10.3. The van der Waals surface area contributed by atoms with Crippen molar-refractivity contribution in [2.75, 3.05) is 6.54 Å². The molecular formula is C16H16NO4-. The predicted molar refractivity (Wildman–Crippen MR) is 74.9 cm³/mol. The number of carboxylic acids is 1. The first-order chi connectivity index (χ1) is 10.1. The van der Waals surface area contributed by atoms with E-state index >= 15 is 0 Å². The van der Waals surface area contributed by atoms with Crippen LogP contribution in [0.2, 0.25) is 0 Å². The zero-order chi connectivity index (χ0) is 15.2. The van der Waals surface area contributed by atoms with Crippen molar-refractivity contribution in [1.82, 2.24) is 0 Å². The van der Waals surface area contributed by atoms with Gasteiger partial charge in [0.1, 0.15) is 17.5 Å². The maximum atomic E-state index is 12.1. The van der Waals surface area contributed by atoms with E-state index in [0.29, 0.717) is 12.8 Å². The minimum Gasteiger partial charge on any atom is -0.550 e. The molecule has 1 fully saturated rings. The number of carbonyl (C=O) groups is 3. The van der Waals surface area contributed by atoms with Crippen molar-refractivity contribution in [3.05, 3.63) is 35.9 Å². The Morgan fingerprint density at radius 2 is 1.81 bits per heavy atom. The molecule has 0 radical (unpaired) electrons. The molecule has 0 spiro atoms. The molecule has 0 unspecified atom stereocenters. The molecule has 5 heteroatoms. The van der Waals surface area contributed by atoms with Gasteiger partial charge in [-0.1, -0.05) is 30.3 Å². The number of hydrogen-bond acceptors (Lipinski definition) is 5. The van der Waals surface area contributed by atoms with Gasteiger partial charge in [-0.15, -0.1) is 0 Å². The first-order valence-electron chi connectivity index (χ1n) is 6.88. The molecular weight excluding hydrogens is 270 g/mol. The Hall–Kier alpha value is -2.30. The third-order valence-corrected chi connectivity index (χ3v) is 3.56. The lowest BCUT2D eigenvalue weighted by Gasteiger charge is -2.24. The van der Waals surface area contributed by atoms with Crippen molar-refractivity contribution < 1.29 is 19.5 Å². The number of carbonyl (C=O) groups excluding carboxylic acids is 3. The molecule has 1 saturated carbocycles. The van der Waals surface area contributed by atoms with Gasteiger partial charge in [-0.25, -0.2) is 0 Å². The van der Waals surface area contributed by atoms with Gasteiger partial charge in [-0.2, -0.15) is 0 Å². The van der Waals surface area contributed by atoms with Gasteiger partial charge >= 0.3 is 0 Å². The monoisotopic (exact) mass is 286 g/mol. The molecule has 0 aromatic heterocycles. The lowest BCUT2D eigenvalue weighted by atomic mass is 9.77. The Morgan fingerprint density at radius 1 is 1.19 bits per heavy atom. The number of Topliss-reactive ketones (excluding diaryl/α,β-unsaturated/α-hetero) is 2. The van der Waals surface area contributed by atoms with Crippen molar-refractivity contribution in [1.29, 1.82) is 0 Å². The Bertz CT molecular complexity index is 547. The summed E-state index contributed by atoms with van der Waals surface area (Å²) in [6.07, 6.45) is 1.70. The number of ketones is 2. The molecule has 1 aromatic rings. The van der Waals surface area contributed by atoms with Gasteiger partial charge in [0.2, 0.25) is 0 Å². The van der Waals surface area contributed by atoms with E-state index in [1.54, 1.807) is 0 Å². The summed E-state index contributed by atoms with van der Waals surface area (Å²) in [7, 11) is 0. The lowest BCUT2D eigenvalue weighted by Crippen LogP contribution is -2.33. The Kier molecular flexibility index (Phi) is 4.98. The molecule has 2 rings (SSSR count). The standard InChI is InChI=1S/C16H17NO4/c18-14-8-12(11-4-2-1-3-5-11)9-15(19)13(14)10-17-7-6-16(20)21/h1-5,10,12-13H,6-9H2,(H,20,21)/p-1. The second kappa shape index (κ2) is 6.92. The van der Waals surface area contributed by atoms with Crippen molar-refractivity contribution in [2.24, 2.45) is 10.9 Å². The second-order valence-corrected chi connectivity index (χ2v) is 5.10. The molecule has 110 valence electrons. The van der Waals surface area contributed by atoms with Crippen LogP contribution in [0.1, 0.15) is 30.7 Å². The third kappa shape index (κ3) is 4.08. The molecule has 0 N–H and O–H groups in total. The lowest BCUT2D eigenvalue weighted by molar-refractivity contribution is -0.305. The molecule has 1 aromatic carbocycles. The number of benzene rings is 1. The summed E-state index contributed by atoms with van der Waals surface area (Å²) in [4.78, 5) is 38.3. The second-order valence-electron chi connectivity index (χ2n) is 5.10. The van der Waals surface area contributed by atoms with Gasteiger partial charge < -0.3 is 9.90 Å². The summed E-state index contributed by atoms with van der Waals surface area (Å²) in [5.74, 6) is -2.40. The smallest absolute Gasteiger partial charge is 0.149 e. The van der Waals surface area contributed by atoms with Crippen LogP contribution >= 0.6 is 0 Å². The van der Waals surface area contributed by atoms with E-state index < -0.39 is 11.9 Å². The van der Waals surface area contributed by atoms with E-state index in [1.807, 2.05) is 30.3 Å². The summed E-state index contributed by atoms with van der Waals surface area (Å²) in [6.45, 7) is 0.0293. The Labute approximate surface area is 122 Å². The number of rotatable bonds is 5. The maximum absolute atomic E-state index is 12.1. The van der Waals surface area contributed by atoms with Crippen LogP contribution in [0.5, 0.6) is 0 Å². The Morgan fingerprint density at radius 3 is 2.38 bits per heavy atom. The van der Waals surface area contributed by atoms with Crippen LogP contribution in [-0.2, 0) is 14.4 Å². The summed E-state index contributed by atoms with van der Waals surface area (Å²) >= 11 is 0. The number of aliphatic carboxylic acids is 1. The van der Waals surface area contributed by atoms with E-state index in [4.69, 9.17) is 0 Å². The highest BCUT2D eigenvalue weighted by molar-refractivity contribution is 6.16. The molecule has 0 aliphatic heterocycles. The van der Waals surface area contributed by atoms with Crippen LogP contribution in [-0.4, -0.2) is 30.3 Å². The number of hydrogen-bond donors (Lipinski definition) is 0. The molecule has 0 amide bonds. The number of nitrogens with zero attached hydrogens (tertiary/aromatic N) is 1. The minimum absolute atomic E-state index is 0.0293.